The topological polar surface area (TPSA) is 70.0 Å². The summed E-state index contributed by atoms with van der Waals surface area (Å²) in [5.74, 6) is -4.13. The number of sulfonamides is 1. The molecular formula is C13H7F3N2O2S. The number of halogens is 3. The first-order chi connectivity index (χ1) is 9.83. The second kappa shape index (κ2) is 5.46. The van der Waals surface area contributed by atoms with E-state index in [1.54, 1.807) is 10.8 Å². The Kier molecular flexibility index (Phi) is 3.86. The molecular weight excluding hydrogens is 305 g/mol. The molecule has 0 aromatic heterocycles. The van der Waals surface area contributed by atoms with Crippen LogP contribution in [-0.2, 0) is 10.0 Å². The minimum Gasteiger partial charge on any atom is -0.276 e. The van der Waals surface area contributed by atoms with E-state index in [4.69, 9.17) is 5.26 Å². The molecule has 0 amide bonds. The Hall–Kier alpha value is -2.53. The van der Waals surface area contributed by atoms with Gasteiger partial charge in [-0.15, -0.1) is 0 Å². The molecule has 0 saturated heterocycles. The van der Waals surface area contributed by atoms with Crippen LogP contribution in [0.2, 0.25) is 0 Å². The lowest BCUT2D eigenvalue weighted by molar-refractivity contribution is 0.498. The average Bonchev–Trinajstić information content (AvgIpc) is 2.44. The van der Waals surface area contributed by atoms with Gasteiger partial charge in [-0.3, -0.25) is 4.72 Å². The van der Waals surface area contributed by atoms with Crippen molar-refractivity contribution in [1.82, 2.24) is 0 Å². The number of nitrogens with zero attached hydrogens (tertiary/aromatic N) is 1. The van der Waals surface area contributed by atoms with E-state index in [-0.39, 0.29) is 10.5 Å². The normalized spacial score (nSPS) is 11.0. The van der Waals surface area contributed by atoms with E-state index >= 15 is 0 Å². The summed E-state index contributed by atoms with van der Waals surface area (Å²) in [6.45, 7) is 0. The Morgan fingerprint density at radius 1 is 1.05 bits per heavy atom. The van der Waals surface area contributed by atoms with E-state index < -0.39 is 33.2 Å². The number of nitriles is 1. The summed E-state index contributed by atoms with van der Waals surface area (Å²) in [4.78, 5) is -0.273. The molecule has 2 aromatic carbocycles. The minimum atomic E-state index is -4.23. The fraction of sp³-hybridized carbons (Fsp3) is 0. The summed E-state index contributed by atoms with van der Waals surface area (Å²) < 4.78 is 65.2. The molecule has 0 aliphatic carbocycles. The molecule has 108 valence electrons. The van der Waals surface area contributed by atoms with Crippen LogP contribution >= 0.6 is 0 Å². The lowest BCUT2D eigenvalue weighted by Gasteiger charge is -2.09. The summed E-state index contributed by atoms with van der Waals surface area (Å²) in [7, 11) is -4.23. The smallest absolute Gasteiger partial charge is 0.261 e. The fourth-order valence-electron chi connectivity index (χ4n) is 1.54. The van der Waals surface area contributed by atoms with Crippen LogP contribution in [0.3, 0.4) is 0 Å². The summed E-state index contributed by atoms with van der Waals surface area (Å²) in [6.07, 6.45) is 0. The van der Waals surface area contributed by atoms with Gasteiger partial charge in [0.25, 0.3) is 10.0 Å². The second-order valence-corrected chi connectivity index (χ2v) is 5.67. The Bertz CT molecular complexity index is 828. The highest BCUT2D eigenvalue weighted by Gasteiger charge is 2.19. The first kappa shape index (κ1) is 14.9. The van der Waals surface area contributed by atoms with Gasteiger partial charge in [0.1, 0.15) is 5.82 Å². The highest BCUT2D eigenvalue weighted by molar-refractivity contribution is 7.92. The zero-order valence-electron chi connectivity index (χ0n) is 10.3. The largest absolute Gasteiger partial charge is 0.276 e. The predicted octanol–water partition coefficient (Wildman–Crippen LogP) is 2.78. The molecule has 8 heteroatoms. The first-order valence-electron chi connectivity index (χ1n) is 5.51. The molecule has 21 heavy (non-hydrogen) atoms. The van der Waals surface area contributed by atoms with Crippen molar-refractivity contribution in [2.24, 2.45) is 0 Å². The van der Waals surface area contributed by atoms with Gasteiger partial charge in [-0.25, -0.2) is 21.6 Å². The maximum atomic E-state index is 13.4. The Balaban J connectivity index is 2.40. The Labute approximate surface area is 118 Å². The molecule has 0 heterocycles. The van der Waals surface area contributed by atoms with Crippen LogP contribution in [-0.4, -0.2) is 8.42 Å². The van der Waals surface area contributed by atoms with E-state index in [9.17, 15) is 21.6 Å². The molecule has 0 bridgehead atoms. The molecule has 2 aromatic rings. The molecule has 0 radical (unpaired) electrons. The van der Waals surface area contributed by atoms with Crippen molar-refractivity contribution in [2.75, 3.05) is 4.72 Å². The van der Waals surface area contributed by atoms with Gasteiger partial charge in [0.05, 0.1) is 22.2 Å². The molecule has 0 spiro atoms. The molecule has 0 atom stereocenters. The Morgan fingerprint density at radius 3 is 2.24 bits per heavy atom. The quantitative estimate of drug-likeness (QED) is 0.886. The van der Waals surface area contributed by atoms with Crippen molar-refractivity contribution in [3.8, 4) is 6.07 Å². The third-order valence-electron chi connectivity index (χ3n) is 2.53. The number of hydrogen-bond donors (Lipinski definition) is 1. The Morgan fingerprint density at radius 2 is 1.67 bits per heavy atom. The maximum absolute atomic E-state index is 13.4. The SMILES string of the molecule is N#Cc1ccc(S(=O)(=O)Nc2cc(F)cc(F)c2F)cc1. The van der Waals surface area contributed by atoms with E-state index in [1.165, 1.54) is 12.1 Å². The van der Waals surface area contributed by atoms with Crippen molar-refractivity contribution in [3.63, 3.8) is 0 Å². The molecule has 2 rings (SSSR count). The monoisotopic (exact) mass is 312 g/mol. The highest BCUT2D eigenvalue weighted by Crippen LogP contribution is 2.22. The van der Waals surface area contributed by atoms with Crippen LogP contribution in [0.1, 0.15) is 5.56 Å². The van der Waals surface area contributed by atoms with Gasteiger partial charge in [0.2, 0.25) is 0 Å². The number of benzene rings is 2. The average molecular weight is 312 g/mol. The van der Waals surface area contributed by atoms with E-state index in [1.807, 2.05) is 0 Å². The zero-order chi connectivity index (χ0) is 15.6. The fourth-order valence-corrected chi connectivity index (χ4v) is 2.59. The number of nitrogens with one attached hydrogen (secondary N) is 1. The molecule has 0 unspecified atom stereocenters. The van der Waals surface area contributed by atoms with Gasteiger partial charge >= 0.3 is 0 Å². The van der Waals surface area contributed by atoms with Crippen LogP contribution in [0.4, 0.5) is 18.9 Å². The zero-order valence-corrected chi connectivity index (χ0v) is 11.1. The standard InChI is InChI=1S/C13H7F3N2O2S/c14-9-5-11(15)13(16)12(6-9)18-21(19,20)10-3-1-8(7-17)2-4-10/h1-6,18H. The van der Waals surface area contributed by atoms with Gasteiger partial charge in [-0.05, 0) is 24.3 Å². The van der Waals surface area contributed by atoms with E-state index in [0.29, 0.717) is 12.1 Å². The van der Waals surface area contributed by atoms with Crippen LogP contribution in [0.25, 0.3) is 0 Å². The third-order valence-corrected chi connectivity index (χ3v) is 3.91. The molecule has 0 fully saturated rings. The van der Waals surface area contributed by atoms with Crippen LogP contribution in [0.15, 0.2) is 41.3 Å². The van der Waals surface area contributed by atoms with Crippen molar-refractivity contribution >= 4 is 15.7 Å². The van der Waals surface area contributed by atoms with Gasteiger partial charge < -0.3 is 0 Å². The summed E-state index contributed by atoms with van der Waals surface area (Å²) in [5.41, 5.74) is -0.603. The number of anilines is 1. The maximum Gasteiger partial charge on any atom is 0.261 e. The van der Waals surface area contributed by atoms with Crippen LogP contribution in [0.5, 0.6) is 0 Å². The van der Waals surface area contributed by atoms with Gasteiger partial charge in [-0.1, -0.05) is 0 Å². The van der Waals surface area contributed by atoms with E-state index in [0.717, 1.165) is 12.1 Å². The lowest BCUT2D eigenvalue weighted by atomic mass is 10.2. The number of rotatable bonds is 3. The third kappa shape index (κ3) is 3.14. The van der Waals surface area contributed by atoms with Crippen molar-refractivity contribution in [2.45, 2.75) is 4.90 Å². The molecule has 0 aliphatic rings. The lowest BCUT2D eigenvalue weighted by Crippen LogP contribution is -2.14. The number of hydrogen-bond acceptors (Lipinski definition) is 3. The summed E-state index contributed by atoms with van der Waals surface area (Å²) in [5, 5.41) is 8.62. The van der Waals surface area contributed by atoms with Gasteiger partial charge in [-0.2, -0.15) is 5.26 Å². The van der Waals surface area contributed by atoms with Crippen LogP contribution in [0, 0.1) is 28.8 Å². The van der Waals surface area contributed by atoms with Crippen molar-refractivity contribution < 1.29 is 21.6 Å². The van der Waals surface area contributed by atoms with E-state index in [2.05, 4.69) is 0 Å². The van der Waals surface area contributed by atoms with Crippen molar-refractivity contribution in [1.29, 1.82) is 5.26 Å². The second-order valence-electron chi connectivity index (χ2n) is 3.99. The van der Waals surface area contributed by atoms with Crippen LogP contribution < -0.4 is 4.72 Å². The van der Waals surface area contributed by atoms with Crippen molar-refractivity contribution in [3.05, 3.63) is 59.4 Å². The molecule has 4 nitrogen and oxygen atoms in total. The summed E-state index contributed by atoms with van der Waals surface area (Å²) >= 11 is 0. The van der Waals surface area contributed by atoms with Gasteiger partial charge in [0.15, 0.2) is 11.6 Å². The first-order valence-corrected chi connectivity index (χ1v) is 6.99. The predicted molar refractivity (Wildman–Crippen MR) is 68.3 cm³/mol. The van der Waals surface area contributed by atoms with Gasteiger partial charge in [0, 0.05) is 12.1 Å². The molecule has 1 N–H and O–H groups in total. The minimum absolute atomic E-state index is 0.233. The summed E-state index contributed by atoms with van der Waals surface area (Å²) in [6, 6.07) is 7.37. The highest BCUT2D eigenvalue weighted by atomic mass is 32.2. The molecule has 0 aliphatic heterocycles. The molecule has 0 saturated carbocycles.